The highest BCUT2D eigenvalue weighted by Gasteiger charge is 2.18. The number of halogens is 3. The normalized spacial score (nSPS) is 14.0. The van der Waals surface area contributed by atoms with E-state index in [4.69, 9.17) is 33.2 Å². The van der Waals surface area contributed by atoms with Crippen molar-refractivity contribution in [2.45, 2.75) is 62.3 Å². The van der Waals surface area contributed by atoms with E-state index in [1.807, 2.05) is 199 Å². The van der Waals surface area contributed by atoms with Gasteiger partial charge in [-0.1, -0.05) is 176 Å². The van der Waals surface area contributed by atoms with E-state index in [0.29, 0.717) is 65.9 Å². The SMILES string of the molecule is Cc1cc(/C=C/c2ccc(-c3ccccc3)cc2)cc(F)c1O.Cc1cc(/C=C/c2ccc(N3CCOCC3)cc2)cc(C)c1O.Cc1cc(/C=C/c2ccc(N3CCOCC3)cc2)cc(F)c1O.Cc1cc(/C=C/c2ccc3c(c2)OCCO3)cc(F)c1O.Cc1cc(/C=C\c2ccc(N3CCOCC3)cc2)cc(C)c1O.Cc1cc(C=Cc2ccc3c(c2)OCCO3)cc(C)c1O. The molecule has 134 heavy (non-hydrogen) atoms. The summed E-state index contributed by atoms with van der Waals surface area (Å²) in [5.74, 6) is 1.53. The number of ether oxygens (including phenoxy) is 7. The minimum atomic E-state index is -0.614. The van der Waals surface area contributed by atoms with Crippen LogP contribution in [0, 0.1) is 79.8 Å². The number of anilines is 3. The van der Waals surface area contributed by atoms with Gasteiger partial charge >= 0.3 is 0 Å². The molecule has 5 aliphatic rings. The van der Waals surface area contributed by atoms with E-state index < -0.39 is 17.5 Å². The zero-order chi connectivity index (χ0) is 94.6. The van der Waals surface area contributed by atoms with E-state index in [9.17, 15) is 43.8 Å². The maximum atomic E-state index is 13.5. The van der Waals surface area contributed by atoms with Crippen LogP contribution in [-0.2, 0) is 14.2 Å². The maximum absolute atomic E-state index is 13.5. The zero-order valence-electron chi connectivity index (χ0n) is 77.3. The molecule has 0 aromatic heterocycles. The molecule has 690 valence electrons. The molecule has 13 aromatic rings. The van der Waals surface area contributed by atoms with Crippen molar-refractivity contribution < 1.29 is 77.0 Å². The van der Waals surface area contributed by atoms with Crippen LogP contribution < -0.4 is 33.6 Å². The van der Waals surface area contributed by atoms with E-state index in [0.717, 1.165) is 191 Å². The zero-order valence-corrected chi connectivity index (χ0v) is 77.3. The Morgan fingerprint density at radius 1 is 0.209 bits per heavy atom. The lowest BCUT2D eigenvalue weighted by molar-refractivity contribution is 0.122. The van der Waals surface area contributed by atoms with Gasteiger partial charge < -0.3 is 78.5 Å². The van der Waals surface area contributed by atoms with Gasteiger partial charge in [0.15, 0.2) is 57.7 Å². The molecule has 0 aliphatic carbocycles. The standard InChI is InChI=1S/C21H17FO.2C20H23NO2.C19H20FNO2.C18H18O3.C17H15FO3/c1-15-13-17(14-20(22)21(15)23)8-7-16-9-11-19(12-10-16)18-5-3-2-4-6-18;2*1-15-13-18(14-16(2)20(15)22)4-3-17-5-7-19(8-6-17)21-9-11-23-12-10-21;1-14-12-16(13-18(20)19(14)22)3-2-15-4-6-17(7-5-15)21-8-10-23-11-9-21;1-12-9-15(10-13(2)18(12)19)4-3-14-5-6-16-17(11-14)21-8-7-20-16;1-11-8-13(9-14(18)17(11)19)3-2-12-4-5-15-16(10-12)21-7-6-20-15/h2-14,23H,1H3;2*3-8,13-14,22H,9-12H2,1-2H3;2-7,12-13,22H,8-11H2,1H3;3-6,9-11,19H,7-8H2,1-2H3;2-5,8-10,19H,6-7H2,1H3/b8-7+;4-3+;4-3-;3-2+;;3-2+. The third-order valence-electron chi connectivity index (χ3n) is 23.1. The summed E-state index contributed by atoms with van der Waals surface area (Å²) in [6, 6.07) is 76.6. The predicted octanol–water partition coefficient (Wildman–Crippen LogP) is 25.3. The monoisotopic (exact) mass is 1800 g/mol. The highest BCUT2D eigenvalue weighted by Crippen LogP contribution is 2.36. The van der Waals surface area contributed by atoms with Gasteiger partial charge in [-0.2, -0.15) is 0 Å². The summed E-state index contributed by atoms with van der Waals surface area (Å²) in [5, 5.41) is 57.8. The van der Waals surface area contributed by atoms with Gasteiger partial charge in [0.05, 0.1) is 39.6 Å². The second-order valence-corrected chi connectivity index (χ2v) is 33.4. The van der Waals surface area contributed by atoms with Crippen LogP contribution in [0.4, 0.5) is 30.2 Å². The van der Waals surface area contributed by atoms with Crippen molar-refractivity contribution in [1.29, 1.82) is 0 Å². The number of aryl methyl sites for hydroxylation is 9. The summed E-state index contributed by atoms with van der Waals surface area (Å²) in [6.45, 7) is 29.3. The van der Waals surface area contributed by atoms with Crippen molar-refractivity contribution >= 4 is 90.0 Å². The summed E-state index contributed by atoms with van der Waals surface area (Å²) >= 11 is 0. The smallest absolute Gasteiger partial charge is 0.165 e. The van der Waals surface area contributed by atoms with Gasteiger partial charge in [-0.05, 0) is 324 Å². The molecule has 0 saturated carbocycles. The molecule has 13 aromatic carbocycles. The molecule has 3 saturated heterocycles. The molecule has 5 heterocycles. The Hall–Kier alpha value is -14.6. The quantitative estimate of drug-likeness (QED) is 0.0500. The van der Waals surface area contributed by atoms with E-state index in [2.05, 4.69) is 124 Å². The number of hydrogen-bond acceptors (Lipinski definition) is 16. The predicted molar refractivity (Wildman–Crippen MR) is 540 cm³/mol. The summed E-state index contributed by atoms with van der Waals surface area (Å²) in [4.78, 5) is 7.00. The Kier molecular flexibility index (Phi) is 34.3. The number of phenols is 6. The fourth-order valence-corrected chi connectivity index (χ4v) is 15.6. The fourth-order valence-electron chi connectivity index (χ4n) is 15.6. The second-order valence-electron chi connectivity index (χ2n) is 33.4. The number of phenolic OH excluding ortho intramolecular Hbond substituents is 6. The van der Waals surface area contributed by atoms with Crippen molar-refractivity contribution in [2.75, 3.05) is 120 Å². The van der Waals surface area contributed by atoms with Gasteiger partial charge in [-0.3, -0.25) is 0 Å². The molecular weight excluding hydrogens is 1690 g/mol. The minimum Gasteiger partial charge on any atom is -0.507 e. The van der Waals surface area contributed by atoms with Crippen LogP contribution in [0.15, 0.2) is 237 Å². The van der Waals surface area contributed by atoms with Gasteiger partial charge in [0.1, 0.15) is 43.7 Å². The maximum Gasteiger partial charge on any atom is 0.165 e. The molecule has 5 aliphatic heterocycles. The molecular formula is C115H116F3N3O13. The Labute approximate surface area is 784 Å². The summed E-state index contributed by atoms with van der Waals surface area (Å²) in [7, 11) is 0. The molecule has 6 N–H and O–H groups in total. The second kappa shape index (κ2) is 47.5. The first-order valence-corrected chi connectivity index (χ1v) is 45.0. The minimum absolute atomic E-state index is 0.281. The van der Waals surface area contributed by atoms with Crippen LogP contribution in [0.25, 0.3) is 84.0 Å². The van der Waals surface area contributed by atoms with Crippen molar-refractivity contribution in [2.24, 2.45) is 0 Å². The Balaban J connectivity index is 0.000000136. The van der Waals surface area contributed by atoms with E-state index in [1.165, 1.54) is 52.0 Å². The van der Waals surface area contributed by atoms with Crippen molar-refractivity contribution in [1.82, 2.24) is 0 Å². The summed E-state index contributed by atoms with van der Waals surface area (Å²) < 4.78 is 78.7. The first-order valence-electron chi connectivity index (χ1n) is 45.0. The van der Waals surface area contributed by atoms with Gasteiger partial charge in [0, 0.05) is 56.3 Å². The molecule has 0 unspecified atom stereocenters. The average molecular weight is 1810 g/mol. The van der Waals surface area contributed by atoms with Crippen LogP contribution in [0.1, 0.15) is 117 Å². The van der Waals surface area contributed by atoms with E-state index in [-0.39, 0.29) is 17.2 Å². The molecule has 0 amide bonds. The Morgan fingerprint density at radius 3 is 0.679 bits per heavy atom. The third-order valence-corrected chi connectivity index (χ3v) is 23.1. The molecule has 0 atom stereocenters. The molecule has 19 heteroatoms. The molecule has 16 nitrogen and oxygen atoms in total. The van der Waals surface area contributed by atoms with Crippen LogP contribution in [0.2, 0.25) is 0 Å². The van der Waals surface area contributed by atoms with Gasteiger partial charge in [-0.15, -0.1) is 0 Å². The molecule has 0 spiro atoms. The van der Waals surface area contributed by atoms with Crippen LogP contribution in [0.5, 0.6) is 57.5 Å². The number of aromatic hydroxyl groups is 6. The average Bonchev–Trinajstić information content (AvgIpc) is 0.821. The first-order chi connectivity index (χ1) is 64.8. The first kappa shape index (κ1) is 96.9. The number of rotatable bonds is 16. The van der Waals surface area contributed by atoms with Gasteiger partial charge in [-0.25, -0.2) is 13.2 Å². The highest BCUT2D eigenvalue weighted by molar-refractivity contribution is 5.78. The Bertz CT molecular complexity index is 5770. The van der Waals surface area contributed by atoms with Crippen molar-refractivity contribution in [3.63, 3.8) is 0 Å². The van der Waals surface area contributed by atoms with Crippen molar-refractivity contribution in [3.8, 4) is 68.6 Å². The molecule has 0 radical (unpaired) electrons. The Morgan fingerprint density at radius 2 is 0.418 bits per heavy atom. The third kappa shape index (κ3) is 27.7. The molecule has 0 bridgehead atoms. The molecule has 3 fully saturated rings. The van der Waals surface area contributed by atoms with E-state index in [1.54, 1.807) is 45.0 Å². The van der Waals surface area contributed by atoms with Gasteiger partial charge in [0.2, 0.25) is 0 Å². The van der Waals surface area contributed by atoms with Crippen LogP contribution in [-0.4, -0.2) is 136 Å². The number of benzene rings is 13. The lowest BCUT2D eigenvalue weighted by Crippen LogP contribution is -2.36. The fraction of sp³-hybridized carbons (Fsp3) is 0.217. The van der Waals surface area contributed by atoms with Crippen LogP contribution in [0.3, 0.4) is 0 Å². The van der Waals surface area contributed by atoms with Crippen LogP contribution >= 0.6 is 0 Å². The molecule has 18 rings (SSSR count). The van der Waals surface area contributed by atoms with Gasteiger partial charge in [0.25, 0.3) is 0 Å². The largest absolute Gasteiger partial charge is 0.507 e. The summed E-state index contributed by atoms with van der Waals surface area (Å²) in [6.07, 6.45) is 23.7. The number of fused-ring (bicyclic) bond motifs is 2. The number of nitrogens with zero attached hydrogens (tertiary/aromatic N) is 3. The number of hydrogen-bond donors (Lipinski definition) is 6. The highest BCUT2D eigenvalue weighted by atomic mass is 19.1. The number of morpholine rings is 3. The topological polar surface area (TPSA) is 196 Å². The summed E-state index contributed by atoms with van der Waals surface area (Å²) in [5.41, 5.74) is 24.9. The van der Waals surface area contributed by atoms with E-state index >= 15 is 0 Å². The lowest BCUT2D eigenvalue weighted by Gasteiger charge is -2.28. The van der Waals surface area contributed by atoms with Crippen molar-refractivity contribution in [3.05, 3.63) is 371 Å². The lowest BCUT2D eigenvalue weighted by atomic mass is 10.0.